The van der Waals surface area contributed by atoms with Crippen molar-refractivity contribution >= 4 is 11.3 Å². The predicted molar refractivity (Wildman–Crippen MR) is 53.7 cm³/mol. The van der Waals surface area contributed by atoms with Gasteiger partial charge in [0.2, 0.25) is 5.13 Å². The van der Waals surface area contributed by atoms with Gasteiger partial charge in [-0.25, -0.2) is 9.67 Å². The fraction of sp³-hybridized carbons (Fsp3) is 0.250. The molecule has 2 rings (SSSR count). The lowest BCUT2D eigenvalue weighted by Crippen LogP contribution is -1.98. The van der Waals surface area contributed by atoms with E-state index in [0.717, 1.165) is 16.6 Å². The molecule has 2 aromatic rings. The molecule has 0 aliphatic rings. The SMILES string of the molecule is COc1cnn(-c2nc(CN)cs2)c1. The molecule has 0 saturated heterocycles. The minimum Gasteiger partial charge on any atom is -0.493 e. The molecule has 0 aliphatic heterocycles. The van der Waals surface area contributed by atoms with Crippen molar-refractivity contribution < 1.29 is 4.74 Å². The van der Waals surface area contributed by atoms with Crippen LogP contribution in [-0.2, 0) is 6.54 Å². The van der Waals surface area contributed by atoms with Gasteiger partial charge < -0.3 is 10.5 Å². The van der Waals surface area contributed by atoms with Gasteiger partial charge in [-0.05, 0) is 0 Å². The first-order valence-electron chi connectivity index (χ1n) is 4.07. The van der Waals surface area contributed by atoms with Crippen LogP contribution < -0.4 is 10.5 Å². The third-order valence-electron chi connectivity index (χ3n) is 1.74. The first-order chi connectivity index (χ1) is 6.83. The molecule has 0 amide bonds. The maximum atomic E-state index is 5.46. The lowest BCUT2D eigenvalue weighted by molar-refractivity contribution is 0.414. The molecule has 0 fully saturated rings. The first kappa shape index (κ1) is 9.17. The number of hydrogen-bond donors (Lipinski definition) is 1. The summed E-state index contributed by atoms with van der Waals surface area (Å²) >= 11 is 1.50. The van der Waals surface area contributed by atoms with Crippen LogP contribution in [0.15, 0.2) is 17.8 Å². The number of hydrogen-bond acceptors (Lipinski definition) is 5. The Kier molecular flexibility index (Phi) is 2.47. The monoisotopic (exact) mass is 210 g/mol. The molecular weight excluding hydrogens is 200 g/mol. The maximum Gasteiger partial charge on any atom is 0.210 e. The zero-order chi connectivity index (χ0) is 9.97. The lowest BCUT2D eigenvalue weighted by Gasteiger charge is -1.92. The van der Waals surface area contributed by atoms with Crippen LogP contribution in [0.2, 0.25) is 0 Å². The topological polar surface area (TPSA) is 66.0 Å². The lowest BCUT2D eigenvalue weighted by atomic mass is 10.5. The van der Waals surface area contributed by atoms with Gasteiger partial charge in [-0.2, -0.15) is 5.10 Å². The van der Waals surface area contributed by atoms with Gasteiger partial charge in [0, 0.05) is 11.9 Å². The summed E-state index contributed by atoms with van der Waals surface area (Å²) in [6.07, 6.45) is 3.42. The van der Waals surface area contributed by atoms with Crippen molar-refractivity contribution in [1.82, 2.24) is 14.8 Å². The van der Waals surface area contributed by atoms with E-state index in [9.17, 15) is 0 Å². The van der Waals surface area contributed by atoms with Crippen LogP contribution in [0, 0.1) is 0 Å². The summed E-state index contributed by atoms with van der Waals surface area (Å²) in [7, 11) is 1.61. The van der Waals surface area contributed by atoms with Crippen LogP contribution in [0.1, 0.15) is 5.69 Å². The van der Waals surface area contributed by atoms with Gasteiger partial charge in [-0.3, -0.25) is 0 Å². The van der Waals surface area contributed by atoms with E-state index in [1.54, 1.807) is 24.2 Å². The average Bonchev–Trinajstić information content (AvgIpc) is 2.86. The van der Waals surface area contributed by atoms with Crippen LogP contribution >= 0.6 is 11.3 Å². The van der Waals surface area contributed by atoms with Crippen molar-refractivity contribution in [3.05, 3.63) is 23.5 Å². The van der Waals surface area contributed by atoms with E-state index in [4.69, 9.17) is 10.5 Å². The van der Waals surface area contributed by atoms with E-state index in [0.29, 0.717) is 6.54 Å². The maximum absolute atomic E-state index is 5.46. The number of aromatic nitrogens is 3. The van der Waals surface area contributed by atoms with E-state index < -0.39 is 0 Å². The average molecular weight is 210 g/mol. The number of nitrogens with two attached hydrogens (primary N) is 1. The van der Waals surface area contributed by atoms with Crippen LogP contribution in [0.4, 0.5) is 0 Å². The Balaban J connectivity index is 2.29. The van der Waals surface area contributed by atoms with Gasteiger partial charge in [-0.15, -0.1) is 11.3 Å². The largest absolute Gasteiger partial charge is 0.493 e. The number of thiazole rings is 1. The summed E-state index contributed by atoms with van der Waals surface area (Å²) in [4.78, 5) is 4.29. The summed E-state index contributed by atoms with van der Waals surface area (Å²) in [5, 5.41) is 6.82. The normalized spacial score (nSPS) is 10.4. The Morgan fingerprint density at radius 3 is 3.07 bits per heavy atom. The Morgan fingerprint density at radius 2 is 2.50 bits per heavy atom. The van der Waals surface area contributed by atoms with Gasteiger partial charge in [0.05, 0.1) is 25.2 Å². The summed E-state index contributed by atoms with van der Waals surface area (Å²) < 4.78 is 6.69. The Morgan fingerprint density at radius 1 is 1.64 bits per heavy atom. The molecule has 14 heavy (non-hydrogen) atoms. The molecule has 5 nitrogen and oxygen atoms in total. The molecule has 0 bridgehead atoms. The molecule has 2 aromatic heterocycles. The van der Waals surface area contributed by atoms with Crippen molar-refractivity contribution in [1.29, 1.82) is 0 Å². The van der Waals surface area contributed by atoms with E-state index in [-0.39, 0.29) is 0 Å². The first-order valence-corrected chi connectivity index (χ1v) is 4.95. The Hall–Kier alpha value is -1.40. The number of ether oxygens (including phenoxy) is 1. The fourth-order valence-corrected chi connectivity index (χ4v) is 1.78. The minimum absolute atomic E-state index is 0.453. The third-order valence-corrected chi connectivity index (χ3v) is 2.62. The van der Waals surface area contributed by atoms with Crippen molar-refractivity contribution in [2.45, 2.75) is 6.54 Å². The Labute approximate surface area is 85.1 Å². The van der Waals surface area contributed by atoms with Crippen molar-refractivity contribution in [3.63, 3.8) is 0 Å². The summed E-state index contributed by atoms with van der Waals surface area (Å²) in [6.45, 7) is 0.453. The third kappa shape index (κ3) is 1.61. The highest BCUT2D eigenvalue weighted by atomic mass is 32.1. The molecule has 2 heterocycles. The van der Waals surface area contributed by atoms with Crippen LogP contribution in [-0.4, -0.2) is 21.9 Å². The molecule has 0 aromatic carbocycles. The fourth-order valence-electron chi connectivity index (χ4n) is 1.01. The van der Waals surface area contributed by atoms with Crippen LogP contribution in [0.5, 0.6) is 5.75 Å². The standard InChI is InChI=1S/C8H10N4OS/c1-13-7-3-10-12(4-7)8-11-6(2-9)5-14-8/h3-5H,2,9H2,1H3. The zero-order valence-electron chi connectivity index (χ0n) is 7.67. The van der Waals surface area contributed by atoms with Gasteiger partial charge >= 0.3 is 0 Å². The van der Waals surface area contributed by atoms with Gasteiger partial charge in [0.25, 0.3) is 0 Å². The molecule has 0 unspecified atom stereocenters. The van der Waals surface area contributed by atoms with Gasteiger partial charge in [0.15, 0.2) is 5.75 Å². The van der Waals surface area contributed by atoms with E-state index >= 15 is 0 Å². The second-order valence-electron chi connectivity index (χ2n) is 2.65. The quantitative estimate of drug-likeness (QED) is 0.813. The molecule has 0 spiro atoms. The molecule has 74 valence electrons. The van der Waals surface area contributed by atoms with Gasteiger partial charge in [-0.1, -0.05) is 0 Å². The number of nitrogens with zero attached hydrogens (tertiary/aromatic N) is 3. The summed E-state index contributed by atoms with van der Waals surface area (Å²) in [5.41, 5.74) is 6.34. The highest BCUT2D eigenvalue weighted by molar-refractivity contribution is 7.12. The number of rotatable bonds is 3. The highest BCUT2D eigenvalue weighted by Gasteiger charge is 2.04. The summed E-state index contributed by atoms with van der Waals surface area (Å²) in [6, 6.07) is 0. The van der Waals surface area contributed by atoms with E-state index in [1.165, 1.54) is 11.3 Å². The molecule has 0 aliphatic carbocycles. The summed E-state index contributed by atoms with van der Waals surface area (Å²) in [5.74, 6) is 0.717. The second kappa shape index (κ2) is 3.77. The van der Waals surface area contributed by atoms with E-state index in [2.05, 4.69) is 10.1 Å². The van der Waals surface area contributed by atoms with Crippen molar-refractivity contribution in [2.75, 3.05) is 7.11 Å². The van der Waals surface area contributed by atoms with Gasteiger partial charge in [0.1, 0.15) is 0 Å². The van der Waals surface area contributed by atoms with E-state index in [1.807, 2.05) is 5.38 Å². The molecule has 2 N–H and O–H groups in total. The Bertz CT molecular complexity index is 382. The molecule has 6 heteroatoms. The zero-order valence-corrected chi connectivity index (χ0v) is 8.49. The minimum atomic E-state index is 0.453. The highest BCUT2D eigenvalue weighted by Crippen LogP contribution is 2.16. The van der Waals surface area contributed by atoms with Crippen LogP contribution in [0.25, 0.3) is 5.13 Å². The second-order valence-corrected chi connectivity index (χ2v) is 3.49. The molecule has 0 atom stereocenters. The smallest absolute Gasteiger partial charge is 0.210 e. The van der Waals surface area contributed by atoms with Crippen molar-refractivity contribution in [3.8, 4) is 10.9 Å². The molecule has 0 radical (unpaired) electrons. The number of methoxy groups -OCH3 is 1. The molecular formula is C8H10N4OS. The molecule has 0 saturated carbocycles. The predicted octanol–water partition coefficient (Wildman–Crippen LogP) is 0.796. The van der Waals surface area contributed by atoms with Crippen molar-refractivity contribution in [2.24, 2.45) is 5.73 Å². The van der Waals surface area contributed by atoms with Crippen LogP contribution in [0.3, 0.4) is 0 Å².